The molecule has 0 bridgehead atoms. The summed E-state index contributed by atoms with van der Waals surface area (Å²) in [7, 11) is 3.46. The Morgan fingerprint density at radius 3 is 2.79 bits per heavy atom. The average Bonchev–Trinajstić information content (AvgIpc) is 2.36. The Morgan fingerprint density at radius 2 is 2.21 bits per heavy atom. The number of hydrogen-bond donors (Lipinski definition) is 2. The van der Waals surface area contributed by atoms with Gasteiger partial charge in [0.25, 0.3) is 0 Å². The SMILES string of the molecule is COc1ccc(CN(C)CCO)cc1/C=C/C(=O)O. The number of hydrogen-bond acceptors (Lipinski definition) is 4. The van der Waals surface area contributed by atoms with Crippen LogP contribution in [0.15, 0.2) is 24.3 Å². The highest BCUT2D eigenvalue weighted by Gasteiger charge is 2.05. The van der Waals surface area contributed by atoms with E-state index in [1.807, 2.05) is 30.1 Å². The minimum absolute atomic E-state index is 0.110. The predicted molar refractivity (Wildman–Crippen MR) is 73.1 cm³/mol. The van der Waals surface area contributed by atoms with Crippen molar-refractivity contribution < 1.29 is 19.7 Å². The minimum Gasteiger partial charge on any atom is -0.496 e. The molecule has 0 fully saturated rings. The predicted octanol–water partition coefficient (Wildman–Crippen LogP) is 1.22. The van der Waals surface area contributed by atoms with Gasteiger partial charge in [-0.3, -0.25) is 4.90 Å². The molecule has 0 atom stereocenters. The molecule has 0 aliphatic rings. The summed E-state index contributed by atoms with van der Waals surface area (Å²) in [6.07, 6.45) is 2.59. The van der Waals surface area contributed by atoms with Crippen LogP contribution < -0.4 is 4.74 Å². The molecule has 104 valence electrons. The number of nitrogens with zero attached hydrogens (tertiary/aromatic N) is 1. The fourth-order valence-electron chi connectivity index (χ4n) is 1.73. The van der Waals surface area contributed by atoms with E-state index < -0.39 is 5.97 Å². The summed E-state index contributed by atoms with van der Waals surface area (Å²) in [5, 5.41) is 17.5. The topological polar surface area (TPSA) is 70.0 Å². The van der Waals surface area contributed by atoms with Crippen molar-refractivity contribution in [2.75, 3.05) is 27.3 Å². The monoisotopic (exact) mass is 265 g/mol. The van der Waals surface area contributed by atoms with Crippen molar-refractivity contribution in [3.05, 3.63) is 35.4 Å². The van der Waals surface area contributed by atoms with Crippen molar-refractivity contribution in [2.24, 2.45) is 0 Å². The number of aliphatic carboxylic acids is 1. The Labute approximate surface area is 112 Å². The average molecular weight is 265 g/mol. The van der Waals surface area contributed by atoms with E-state index in [2.05, 4.69) is 0 Å². The van der Waals surface area contributed by atoms with Crippen LogP contribution in [-0.2, 0) is 11.3 Å². The lowest BCUT2D eigenvalue weighted by Gasteiger charge is -2.16. The van der Waals surface area contributed by atoms with Crippen molar-refractivity contribution in [3.8, 4) is 5.75 Å². The van der Waals surface area contributed by atoms with E-state index in [0.717, 1.165) is 17.2 Å². The van der Waals surface area contributed by atoms with E-state index in [4.69, 9.17) is 14.9 Å². The van der Waals surface area contributed by atoms with Crippen LogP contribution in [0.1, 0.15) is 11.1 Å². The molecule has 0 heterocycles. The normalized spacial score (nSPS) is 11.2. The number of likely N-dealkylation sites (N-methyl/N-ethyl adjacent to an activating group) is 1. The standard InChI is InChI=1S/C14H19NO4/c1-15(7-8-16)10-11-3-5-13(19-2)12(9-11)4-6-14(17)18/h3-6,9,16H,7-8,10H2,1-2H3,(H,17,18)/b6-4+. The molecule has 0 unspecified atom stereocenters. The summed E-state index contributed by atoms with van der Waals surface area (Å²) < 4.78 is 5.19. The van der Waals surface area contributed by atoms with Crippen LogP contribution in [0.3, 0.4) is 0 Å². The smallest absolute Gasteiger partial charge is 0.328 e. The molecule has 1 rings (SSSR count). The van der Waals surface area contributed by atoms with Crippen molar-refractivity contribution in [1.82, 2.24) is 4.90 Å². The molecular formula is C14H19NO4. The van der Waals surface area contributed by atoms with Crippen LogP contribution in [0.25, 0.3) is 6.08 Å². The highest BCUT2D eigenvalue weighted by atomic mass is 16.5. The summed E-state index contributed by atoms with van der Waals surface area (Å²) in [6.45, 7) is 1.38. The van der Waals surface area contributed by atoms with Gasteiger partial charge in [0.05, 0.1) is 13.7 Å². The summed E-state index contributed by atoms with van der Waals surface area (Å²) in [5.41, 5.74) is 1.75. The lowest BCUT2D eigenvalue weighted by molar-refractivity contribution is -0.131. The number of ether oxygens (including phenoxy) is 1. The maximum Gasteiger partial charge on any atom is 0.328 e. The number of carbonyl (C=O) groups is 1. The fraction of sp³-hybridized carbons (Fsp3) is 0.357. The summed E-state index contributed by atoms with van der Waals surface area (Å²) in [4.78, 5) is 12.5. The van der Waals surface area contributed by atoms with Gasteiger partial charge < -0.3 is 14.9 Å². The maximum absolute atomic E-state index is 10.6. The lowest BCUT2D eigenvalue weighted by atomic mass is 10.1. The number of aliphatic hydroxyl groups excluding tert-OH is 1. The number of carboxylic acid groups (broad SMARTS) is 1. The number of aliphatic hydroxyl groups is 1. The third-order valence-corrected chi connectivity index (χ3v) is 2.63. The first-order chi connectivity index (χ1) is 9.06. The molecule has 0 radical (unpaired) electrons. The Hall–Kier alpha value is -1.85. The number of carboxylic acids is 1. The second-order valence-electron chi connectivity index (χ2n) is 4.21. The zero-order valence-electron chi connectivity index (χ0n) is 11.2. The van der Waals surface area contributed by atoms with Gasteiger partial charge in [0.2, 0.25) is 0 Å². The molecule has 1 aromatic rings. The largest absolute Gasteiger partial charge is 0.496 e. The van der Waals surface area contributed by atoms with Gasteiger partial charge in [0.15, 0.2) is 0 Å². The van der Waals surface area contributed by atoms with Crippen molar-refractivity contribution in [2.45, 2.75) is 6.54 Å². The van der Waals surface area contributed by atoms with Gasteiger partial charge in [-0.2, -0.15) is 0 Å². The molecule has 0 aliphatic heterocycles. The molecule has 0 saturated heterocycles. The third-order valence-electron chi connectivity index (χ3n) is 2.63. The quantitative estimate of drug-likeness (QED) is 0.725. The van der Waals surface area contributed by atoms with E-state index in [1.54, 1.807) is 7.11 Å². The molecule has 0 aliphatic carbocycles. The highest BCUT2D eigenvalue weighted by Crippen LogP contribution is 2.22. The van der Waals surface area contributed by atoms with Crippen molar-refractivity contribution in [3.63, 3.8) is 0 Å². The van der Waals surface area contributed by atoms with Gasteiger partial charge in [0.1, 0.15) is 5.75 Å². The first-order valence-corrected chi connectivity index (χ1v) is 5.94. The van der Waals surface area contributed by atoms with E-state index in [9.17, 15) is 4.79 Å². The van der Waals surface area contributed by atoms with Gasteiger partial charge in [-0.05, 0) is 30.8 Å². The Bertz CT molecular complexity index is 457. The van der Waals surface area contributed by atoms with Crippen LogP contribution in [0, 0.1) is 0 Å². The van der Waals surface area contributed by atoms with Gasteiger partial charge >= 0.3 is 5.97 Å². The maximum atomic E-state index is 10.6. The van der Waals surface area contributed by atoms with Crippen LogP contribution >= 0.6 is 0 Å². The van der Waals surface area contributed by atoms with Gasteiger partial charge in [-0.1, -0.05) is 6.07 Å². The summed E-state index contributed by atoms with van der Waals surface area (Å²) in [6, 6.07) is 5.61. The van der Waals surface area contributed by atoms with E-state index in [1.165, 1.54) is 6.08 Å². The molecule has 2 N–H and O–H groups in total. The molecule has 0 aromatic heterocycles. The molecule has 1 aromatic carbocycles. The zero-order valence-corrected chi connectivity index (χ0v) is 11.2. The molecule has 19 heavy (non-hydrogen) atoms. The number of rotatable bonds is 7. The van der Waals surface area contributed by atoms with Crippen LogP contribution in [-0.4, -0.2) is 48.4 Å². The third kappa shape index (κ3) is 5.11. The van der Waals surface area contributed by atoms with Crippen molar-refractivity contribution >= 4 is 12.0 Å². The first kappa shape index (κ1) is 15.2. The van der Waals surface area contributed by atoms with Gasteiger partial charge in [-0.25, -0.2) is 4.79 Å². The van der Waals surface area contributed by atoms with E-state index in [0.29, 0.717) is 18.8 Å². The van der Waals surface area contributed by atoms with E-state index >= 15 is 0 Å². The Kier molecular flexibility index (Phi) is 6.05. The summed E-state index contributed by atoms with van der Waals surface area (Å²) >= 11 is 0. The molecule has 0 amide bonds. The Morgan fingerprint density at radius 1 is 1.47 bits per heavy atom. The fourth-order valence-corrected chi connectivity index (χ4v) is 1.73. The number of benzene rings is 1. The summed E-state index contributed by atoms with van der Waals surface area (Å²) in [5.74, 6) is -0.365. The first-order valence-electron chi connectivity index (χ1n) is 5.94. The molecule has 5 nitrogen and oxygen atoms in total. The lowest BCUT2D eigenvalue weighted by Crippen LogP contribution is -2.21. The Balaban J connectivity index is 2.91. The number of methoxy groups -OCH3 is 1. The van der Waals surface area contributed by atoms with Gasteiger partial charge in [-0.15, -0.1) is 0 Å². The minimum atomic E-state index is -0.996. The van der Waals surface area contributed by atoms with Gasteiger partial charge in [0, 0.05) is 24.7 Å². The molecule has 0 saturated carbocycles. The van der Waals surface area contributed by atoms with Crippen LogP contribution in [0.4, 0.5) is 0 Å². The van der Waals surface area contributed by atoms with Crippen molar-refractivity contribution in [1.29, 1.82) is 0 Å². The molecule has 0 spiro atoms. The van der Waals surface area contributed by atoms with Crippen LogP contribution in [0.5, 0.6) is 5.75 Å². The second kappa shape index (κ2) is 7.56. The molecule has 5 heteroatoms. The van der Waals surface area contributed by atoms with Crippen LogP contribution in [0.2, 0.25) is 0 Å². The second-order valence-corrected chi connectivity index (χ2v) is 4.21. The van der Waals surface area contributed by atoms with E-state index in [-0.39, 0.29) is 6.61 Å². The molecular weight excluding hydrogens is 246 g/mol. The highest BCUT2D eigenvalue weighted by molar-refractivity contribution is 5.85. The zero-order chi connectivity index (χ0) is 14.3.